The van der Waals surface area contributed by atoms with E-state index in [4.69, 9.17) is 28.4 Å². The fourth-order valence-corrected chi connectivity index (χ4v) is 3.64. The van der Waals surface area contributed by atoms with Gasteiger partial charge in [0.2, 0.25) is 0 Å². The van der Waals surface area contributed by atoms with Crippen LogP contribution < -0.4 is 0 Å². The number of halogens is 2. The minimum atomic E-state index is -1.08. The molecule has 1 fully saturated rings. The molecule has 10 heteroatoms. The summed E-state index contributed by atoms with van der Waals surface area (Å²) in [5.41, 5.74) is 2.05. The van der Waals surface area contributed by atoms with Crippen molar-refractivity contribution >= 4 is 34.9 Å². The van der Waals surface area contributed by atoms with Crippen LogP contribution in [0.25, 0.3) is 0 Å². The lowest BCUT2D eigenvalue weighted by molar-refractivity contribution is -0.351. The molecule has 0 aromatic heterocycles. The number of rotatable bonds is 3. The predicted octanol–water partition coefficient (Wildman–Crippen LogP) is 3.29. The zero-order chi connectivity index (χ0) is 21.0. The molecule has 0 atom stereocenters. The molecular formula is C19H18Cl2N4O4. The molecule has 3 rings (SSSR count). The van der Waals surface area contributed by atoms with Gasteiger partial charge in [0.1, 0.15) is 0 Å². The van der Waals surface area contributed by atoms with E-state index >= 15 is 0 Å². The van der Waals surface area contributed by atoms with Gasteiger partial charge in [0, 0.05) is 36.2 Å². The van der Waals surface area contributed by atoms with Gasteiger partial charge in [0.15, 0.2) is 5.16 Å². The van der Waals surface area contributed by atoms with E-state index in [0.29, 0.717) is 23.1 Å². The topological polar surface area (TPSA) is 99.3 Å². The number of hydrogen-bond acceptors (Lipinski definition) is 6. The summed E-state index contributed by atoms with van der Waals surface area (Å²) in [4.78, 5) is 25.6. The Bertz CT molecular complexity index is 865. The van der Waals surface area contributed by atoms with E-state index in [2.05, 4.69) is 10.1 Å². The lowest BCUT2D eigenvalue weighted by Gasteiger charge is -2.39. The highest BCUT2D eigenvalue weighted by atomic mass is 35.5. The molecule has 0 aliphatic carbocycles. The fraction of sp³-hybridized carbons (Fsp3) is 0.263. The summed E-state index contributed by atoms with van der Waals surface area (Å²) in [7, 11) is 0. The molecule has 8 nitrogen and oxygen atoms in total. The monoisotopic (exact) mass is 436 g/mol. The Balaban J connectivity index is 1.81. The van der Waals surface area contributed by atoms with Crippen LogP contribution in [-0.2, 0) is 4.79 Å². The van der Waals surface area contributed by atoms with Gasteiger partial charge in [-0.25, -0.2) is 0 Å². The van der Waals surface area contributed by atoms with Crippen molar-refractivity contribution in [1.82, 2.24) is 9.80 Å². The average molecular weight is 437 g/mol. The standard InChI is InChI=1S/C19H18Cl2N4O4/c20-15-5-1-13(2-6-15)17(14-3-7-16(21)8-4-14)23-9-11-24(12-10-23)19(26)18(22-27)25(28)29/h1-8,17,27H,9-12H2/b22-18-. The van der Waals surface area contributed by atoms with E-state index in [-0.39, 0.29) is 19.1 Å². The molecule has 1 heterocycles. The zero-order valence-corrected chi connectivity index (χ0v) is 16.8. The summed E-state index contributed by atoms with van der Waals surface area (Å²) in [5, 5.41) is 23.4. The van der Waals surface area contributed by atoms with Crippen LogP contribution in [0, 0.1) is 10.1 Å². The van der Waals surface area contributed by atoms with Gasteiger partial charge in [-0.2, -0.15) is 0 Å². The quantitative estimate of drug-likeness (QED) is 0.261. The minimum Gasteiger partial charge on any atom is -0.358 e. The summed E-state index contributed by atoms with van der Waals surface area (Å²) >= 11 is 12.1. The number of oxime groups is 1. The summed E-state index contributed by atoms with van der Waals surface area (Å²) < 4.78 is 0. The first-order valence-electron chi connectivity index (χ1n) is 8.81. The molecule has 1 N–H and O–H groups in total. The number of amides is 1. The van der Waals surface area contributed by atoms with E-state index < -0.39 is 16.7 Å². The average Bonchev–Trinajstić information content (AvgIpc) is 2.72. The molecule has 29 heavy (non-hydrogen) atoms. The van der Waals surface area contributed by atoms with Crippen LogP contribution in [0.4, 0.5) is 0 Å². The van der Waals surface area contributed by atoms with E-state index in [1.165, 1.54) is 4.90 Å². The number of benzene rings is 2. The van der Waals surface area contributed by atoms with Crippen molar-refractivity contribution in [3.63, 3.8) is 0 Å². The SMILES string of the molecule is O=C(/C(=N/O)[N+](=O)[O-])N1CCN(C(c2ccc(Cl)cc2)c2ccc(Cl)cc2)CC1. The van der Waals surface area contributed by atoms with Crippen LogP contribution in [0.1, 0.15) is 17.2 Å². The van der Waals surface area contributed by atoms with Crippen molar-refractivity contribution in [2.75, 3.05) is 26.2 Å². The molecule has 1 aliphatic heterocycles. The molecule has 0 unspecified atom stereocenters. The third-order valence-corrected chi connectivity index (χ3v) is 5.30. The van der Waals surface area contributed by atoms with Crippen molar-refractivity contribution in [2.24, 2.45) is 5.16 Å². The summed E-state index contributed by atoms with van der Waals surface area (Å²) in [6.07, 6.45) is 0. The van der Waals surface area contributed by atoms with Crippen LogP contribution in [0.3, 0.4) is 0 Å². The molecule has 0 bridgehead atoms. The van der Waals surface area contributed by atoms with Crippen LogP contribution in [-0.4, -0.2) is 57.9 Å². The lowest BCUT2D eigenvalue weighted by atomic mass is 9.96. The van der Waals surface area contributed by atoms with Gasteiger partial charge in [0.05, 0.1) is 6.04 Å². The van der Waals surface area contributed by atoms with Crippen LogP contribution in [0.15, 0.2) is 53.7 Å². The molecule has 0 spiro atoms. The van der Waals surface area contributed by atoms with E-state index in [9.17, 15) is 14.9 Å². The lowest BCUT2D eigenvalue weighted by Crippen LogP contribution is -2.52. The number of carbonyl (C=O) groups excluding carboxylic acids is 1. The number of piperazine rings is 1. The summed E-state index contributed by atoms with van der Waals surface area (Å²) in [5.74, 6) is -1.97. The Morgan fingerprint density at radius 2 is 1.41 bits per heavy atom. The minimum absolute atomic E-state index is 0.0942. The largest absolute Gasteiger partial charge is 0.474 e. The number of nitro groups is 1. The first-order valence-corrected chi connectivity index (χ1v) is 9.57. The Hall–Kier alpha value is -2.68. The molecule has 1 aliphatic rings. The smallest absolute Gasteiger partial charge is 0.358 e. The maximum atomic E-state index is 12.2. The van der Waals surface area contributed by atoms with Crippen molar-refractivity contribution in [1.29, 1.82) is 0 Å². The van der Waals surface area contributed by atoms with Crippen LogP contribution in [0.5, 0.6) is 0 Å². The van der Waals surface area contributed by atoms with Crippen molar-refractivity contribution in [3.05, 3.63) is 79.8 Å². The second kappa shape index (κ2) is 9.21. The Morgan fingerprint density at radius 3 is 1.79 bits per heavy atom. The van der Waals surface area contributed by atoms with E-state index in [0.717, 1.165) is 11.1 Å². The Labute approximate surface area is 177 Å². The summed E-state index contributed by atoms with van der Waals surface area (Å²) in [6.45, 7) is 1.50. The third kappa shape index (κ3) is 4.84. The first-order chi connectivity index (χ1) is 13.9. The maximum absolute atomic E-state index is 12.2. The van der Waals surface area contributed by atoms with E-state index in [1.54, 1.807) is 0 Å². The van der Waals surface area contributed by atoms with Gasteiger partial charge in [-0.3, -0.25) is 9.69 Å². The van der Waals surface area contributed by atoms with Crippen molar-refractivity contribution in [3.8, 4) is 0 Å². The van der Waals surface area contributed by atoms with E-state index in [1.807, 2.05) is 48.5 Å². The van der Waals surface area contributed by atoms with Gasteiger partial charge in [-0.15, -0.1) is 0 Å². The molecular weight excluding hydrogens is 419 g/mol. The number of hydrogen-bond donors (Lipinski definition) is 1. The van der Waals surface area contributed by atoms with Gasteiger partial charge >= 0.3 is 11.7 Å². The molecule has 1 saturated heterocycles. The normalized spacial score (nSPS) is 15.6. The second-order valence-corrected chi connectivity index (χ2v) is 7.39. The molecule has 0 radical (unpaired) electrons. The highest BCUT2D eigenvalue weighted by molar-refractivity contribution is 6.34. The fourth-order valence-electron chi connectivity index (χ4n) is 3.39. The highest BCUT2D eigenvalue weighted by Gasteiger charge is 2.34. The van der Waals surface area contributed by atoms with Gasteiger partial charge < -0.3 is 20.2 Å². The summed E-state index contributed by atoms with van der Waals surface area (Å²) in [6, 6.07) is 15.0. The molecule has 2 aromatic carbocycles. The van der Waals surface area contributed by atoms with Gasteiger partial charge in [0.25, 0.3) is 0 Å². The molecule has 152 valence electrons. The number of amidine groups is 1. The van der Waals surface area contributed by atoms with Gasteiger partial charge in [-0.1, -0.05) is 47.5 Å². The number of nitrogens with zero attached hydrogens (tertiary/aromatic N) is 4. The van der Waals surface area contributed by atoms with Crippen LogP contribution in [0.2, 0.25) is 10.0 Å². The number of carbonyl (C=O) groups is 1. The third-order valence-electron chi connectivity index (χ3n) is 4.80. The first kappa shape index (κ1) is 21.0. The predicted molar refractivity (Wildman–Crippen MR) is 109 cm³/mol. The van der Waals surface area contributed by atoms with Crippen LogP contribution >= 0.6 is 23.2 Å². The molecule has 0 saturated carbocycles. The highest BCUT2D eigenvalue weighted by Crippen LogP contribution is 2.31. The van der Waals surface area contributed by atoms with Crippen molar-refractivity contribution in [2.45, 2.75) is 6.04 Å². The maximum Gasteiger partial charge on any atom is 0.474 e. The van der Waals surface area contributed by atoms with Gasteiger partial charge in [-0.05, 0) is 40.3 Å². The molecule has 1 amide bonds. The zero-order valence-electron chi connectivity index (χ0n) is 15.2. The Morgan fingerprint density at radius 1 is 0.966 bits per heavy atom. The second-order valence-electron chi connectivity index (χ2n) is 6.51. The Kier molecular flexibility index (Phi) is 6.68. The van der Waals surface area contributed by atoms with Crippen molar-refractivity contribution < 1.29 is 14.9 Å². The molecule has 2 aromatic rings.